The van der Waals surface area contributed by atoms with E-state index in [1.165, 1.54) is 49.3 Å². The molecule has 1 aliphatic rings. The van der Waals surface area contributed by atoms with Crippen molar-refractivity contribution in [1.82, 2.24) is 9.97 Å². The topological polar surface area (TPSA) is 32.3 Å². The van der Waals surface area contributed by atoms with Crippen molar-refractivity contribution in [2.24, 2.45) is 0 Å². The summed E-state index contributed by atoms with van der Waals surface area (Å²) >= 11 is 0. The third-order valence-electron chi connectivity index (χ3n) is 7.82. The molecule has 0 atom stereocenters. The van der Waals surface area contributed by atoms with E-state index < -0.39 is 0 Å². The molecule has 0 spiro atoms. The number of para-hydroxylation sites is 1. The van der Waals surface area contributed by atoms with Gasteiger partial charge in [-0.25, -0.2) is 4.98 Å². The highest BCUT2D eigenvalue weighted by molar-refractivity contribution is 6.27. The molecule has 180 valence electrons. The Bertz CT molecular complexity index is 1890. The Kier molecular flexibility index (Phi) is 4.61. The fourth-order valence-corrected chi connectivity index (χ4v) is 6.16. The van der Waals surface area contributed by atoms with Crippen LogP contribution in [-0.2, 0) is 6.42 Å². The van der Waals surface area contributed by atoms with Gasteiger partial charge < -0.3 is 4.90 Å². The monoisotopic (exact) mass is 488 g/mol. The van der Waals surface area contributed by atoms with E-state index in [1.54, 1.807) is 0 Å². The number of hydrogen-bond donors (Lipinski definition) is 0. The lowest BCUT2D eigenvalue weighted by atomic mass is 9.92. The SMILES string of the molecule is c1ccc(N(c2cccnc2)c2ccc3ccc4c(N5CCc6ccccc65)ccc5ccc2c3c54)nc1. The maximum Gasteiger partial charge on any atom is 0.137 e. The summed E-state index contributed by atoms with van der Waals surface area (Å²) in [5, 5.41) is 7.60. The maximum absolute atomic E-state index is 4.72. The molecule has 3 heterocycles. The summed E-state index contributed by atoms with van der Waals surface area (Å²) < 4.78 is 0. The second-order valence-corrected chi connectivity index (χ2v) is 9.86. The van der Waals surface area contributed by atoms with Crippen LogP contribution in [0.3, 0.4) is 0 Å². The van der Waals surface area contributed by atoms with Crippen molar-refractivity contribution in [2.45, 2.75) is 6.42 Å². The first-order chi connectivity index (χ1) is 18.9. The Morgan fingerprint density at radius 3 is 2.26 bits per heavy atom. The molecule has 0 radical (unpaired) electrons. The summed E-state index contributed by atoms with van der Waals surface area (Å²) in [5.41, 5.74) is 6.09. The smallest absolute Gasteiger partial charge is 0.137 e. The molecule has 0 bridgehead atoms. The molecule has 0 aliphatic carbocycles. The molecule has 38 heavy (non-hydrogen) atoms. The molecule has 0 amide bonds. The third-order valence-corrected chi connectivity index (χ3v) is 7.82. The van der Waals surface area contributed by atoms with Crippen molar-refractivity contribution in [3.63, 3.8) is 0 Å². The van der Waals surface area contributed by atoms with Gasteiger partial charge in [-0.15, -0.1) is 0 Å². The van der Waals surface area contributed by atoms with Gasteiger partial charge in [0, 0.05) is 41.1 Å². The number of nitrogens with zero attached hydrogens (tertiary/aromatic N) is 4. The van der Waals surface area contributed by atoms with E-state index >= 15 is 0 Å². The van der Waals surface area contributed by atoms with E-state index in [1.807, 2.05) is 42.9 Å². The van der Waals surface area contributed by atoms with E-state index in [9.17, 15) is 0 Å². The van der Waals surface area contributed by atoms with Gasteiger partial charge in [0.2, 0.25) is 0 Å². The van der Waals surface area contributed by atoms with Gasteiger partial charge in [-0.05, 0) is 76.0 Å². The zero-order chi connectivity index (χ0) is 25.1. The molecule has 0 unspecified atom stereocenters. The lowest BCUT2D eigenvalue weighted by Crippen LogP contribution is -2.14. The number of aromatic nitrogens is 2. The Morgan fingerprint density at radius 1 is 0.632 bits per heavy atom. The largest absolute Gasteiger partial charge is 0.340 e. The molecule has 5 aromatic carbocycles. The number of benzene rings is 5. The van der Waals surface area contributed by atoms with Crippen molar-refractivity contribution < 1.29 is 0 Å². The molecule has 2 aromatic heterocycles. The van der Waals surface area contributed by atoms with Crippen LogP contribution in [-0.4, -0.2) is 16.5 Å². The van der Waals surface area contributed by atoms with Crippen LogP contribution in [0.2, 0.25) is 0 Å². The Labute approximate surface area is 220 Å². The van der Waals surface area contributed by atoms with E-state index in [0.717, 1.165) is 30.2 Å². The first-order valence-electron chi connectivity index (χ1n) is 13.0. The van der Waals surface area contributed by atoms with Gasteiger partial charge >= 0.3 is 0 Å². The van der Waals surface area contributed by atoms with Gasteiger partial charge in [-0.2, -0.15) is 0 Å². The summed E-state index contributed by atoms with van der Waals surface area (Å²) in [6, 6.07) is 37.0. The number of anilines is 5. The average molecular weight is 489 g/mol. The molecule has 4 nitrogen and oxygen atoms in total. The van der Waals surface area contributed by atoms with Crippen LogP contribution in [0.15, 0.2) is 122 Å². The number of fused-ring (bicyclic) bond motifs is 1. The van der Waals surface area contributed by atoms with Crippen LogP contribution < -0.4 is 9.80 Å². The lowest BCUT2D eigenvalue weighted by molar-refractivity contribution is 1.00. The lowest BCUT2D eigenvalue weighted by Gasteiger charge is -2.27. The van der Waals surface area contributed by atoms with Crippen LogP contribution in [0.25, 0.3) is 32.3 Å². The van der Waals surface area contributed by atoms with Gasteiger partial charge in [-0.1, -0.05) is 60.7 Å². The molecule has 0 saturated carbocycles. The predicted octanol–water partition coefficient (Wildman–Crippen LogP) is 8.54. The Hall–Kier alpha value is -4.96. The van der Waals surface area contributed by atoms with Gasteiger partial charge in [-0.3, -0.25) is 9.88 Å². The van der Waals surface area contributed by atoms with Crippen LogP contribution in [0.5, 0.6) is 0 Å². The van der Waals surface area contributed by atoms with E-state index in [0.29, 0.717) is 0 Å². The predicted molar refractivity (Wildman–Crippen MR) is 158 cm³/mol. The molecule has 0 N–H and O–H groups in total. The van der Waals surface area contributed by atoms with Crippen LogP contribution in [0.1, 0.15) is 5.56 Å². The third kappa shape index (κ3) is 3.10. The minimum Gasteiger partial charge on any atom is -0.340 e. The Balaban J connectivity index is 1.40. The van der Waals surface area contributed by atoms with Gasteiger partial charge in [0.05, 0.1) is 17.6 Å². The van der Waals surface area contributed by atoms with Gasteiger partial charge in [0.15, 0.2) is 0 Å². The quantitative estimate of drug-likeness (QED) is 0.232. The standard InChI is InChI=1S/C34H24N4/c1-2-8-29-23(6-1)18-21-37(29)30-16-12-24-11-15-28-31(17-13-25-10-14-27(30)33(24)34(25)28)38(26-7-5-19-35-22-26)32-9-3-4-20-36-32/h1-17,19-20,22H,18,21H2. The summed E-state index contributed by atoms with van der Waals surface area (Å²) in [6.45, 7) is 1.00. The normalized spacial score (nSPS) is 13.0. The number of hydrogen-bond acceptors (Lipinski definition) is 4. The van der Waals surface area contributed by atoms with Crippen LogP contribution >= 0.6 is 0 Å². The maximum atomic E-state index is 4.72. The minimum atomic E-state index is 0.866. The van der Waals surface area contributed by atoms with E-state index in [4.69, 9.17) is 4.98 Å². The number of rotatable bonds is 4. The minimum absolute atomic E-state index is 0.866. The summed E-state index contributed by atoms with van der Waals surface area (Å²) in [6.07, 6.45) is 6.62. The van der Waals surface area contributed by atoms with Crippen molar-refractivity contribution in [3.8, 4) is 0 Å². The molecule has 7 aromatic rings. The van der Waals surface area contributed by atoms with Crippen molar-refractivity contribution in [1.29, 1.82) is 0 Å². The van der Waals surface area contributed by atoms with Gasteiger partial charge in [0.25, 0.3) is 0 Å². The first kappa shape index (κ1) is 21.2. The molecule has 4 heteroatoms. The second kappa shape index (κ2) is 8.29. The molecular weight excluding hydrogens is 464 g/mol. The highest BCUT2D eigenvalue weighted by Gasteiger charge is 2.24. The fraction of sp³-hybridized carbons (Fsp3) is 0.0588. The molecule has 0 saturated heterocycles. The first-order valence-corrected chi connectivity index (χ1v) is 13.0. The van der Waals surface area contributed by atoms with Crippen LogP contribution in [0, 0.1) is 0 Å². The number of pyridine rings is 2. The highest BCUT2D eigenvalue weighted by atomic mass is 15.2. The highest BCUT2D eigenvalue weighted by Crippen LogP contribution is 2.46. The molecular formula is C34H24N4. The van der Waals surface area contributed by atoms with Gasteiger partial charge in [0.1, 0.15) is 5.82 Å². The summed E-state index contributed by atoms with van der Waals surface area (Å²) in [7, 11) is 0. The second-order valence-electron chi connectivity index (χ2n) is 9.86. The van der Waals surface area contributed by atoms with Crippen molar-refractivity contribution in [3.05, 3.63) is 127 Å². The zero-order valence-electron chi connectivity index (χ0n) is 20.8. The zero-order valence-corrected chi connectivity index (χ0v) is 20.8. The average Bonchev–Trinajstić information content (AvgIpc) is 3.42. The van der Waals surface area contributed by atoms with Crippen molar-refractivity contribution >= 4 is 60.9 Å². The summed E-state index contributed by atoms with van der Waals surface area (Å²) in [4.78, 5) is 13.8. The fourth-order valence-electron chi connectivity index (χ4n) is 6.16. The van der Waals surface area contributed by atoms with Crippen LogP contribution in [0.4, 0.5) is 28.6 Å². The summed E-state index contributed by atoms with van der Waals surface area (Å²) in [5.74, 6) is 0.866. The van der Waals surface area contributed by atoms with E-state index in [-0.39, 0.29) is 0 Å². The Morgan fingerprint density at radius 2 is 1.42 bits per heavy atom. The van der Waals surface area contributed by atoms with Crippen molar-refractivity contribution in [2.75, 3.05) is 16.3 Å². The molecule has 0 fully saturated rings. The molecule has 1 aliphatic heterocycles. The van der Waals surface area contributed by atoms with E-state index in [2.05, 4.69) is 93.6 Å². The molecule has 8 rings (SSSR count).